The standard InChI is InChI=1S/C14H14FN3S/c15-13-3-1-11(2-4-13)9-17-14(19)18-10-12-5-7-16-8-6-12/h1-8H,9-10H2,(H2,17,18,19). The Labute approximate surface area is 116 Å². The molecule has 0 spiro atoms. The first-order chi connectivity index (χ1) is 9.24. The molecule has 0 bridgehead atoms. The quantitative estimate of drug-likeness (QED) is 0.840. The molecule has 2 rings (SSSR count). The predicted molar refractivity (Wildman–Crippen MR) is 76.9 cm³/mol. The van der Waals surface area contributed by atoms with Crippen LogP contribution in [-0.2, 0) is 13.1 Å². The highest BCUT2D eigenvalue weighted by atomic mass is 32.1. The Kier molecular flexibility index (Phi) is 4.80. The van der Waals surface area contributed by atoms with E-state index in [1.165, 1.54) is 12.1 Å². The summed E-state index contributed by atoms with van der Waals surface area (Å²) in [7, 11) is 0. The first-order valence-corrected chi connectivity index (χ1v) is 6.30. The molecule has 2 N–H and O–H groups in total. The second-order valence-electron chi connectivity index (χ2n) is 4.02. The van der Waals surface area contributed by atoms with Crippen molar-refractivity contribution in [1.82, 2.24) is 15.6 Å². The van der Waals surface area contributed by atoms with Crippen LogP contribution in [0.3, 0.4) is 0 Å². The minimum Gasteiger partial charge on any atom is -0.359 e. The van der Waals surface area contributed by atoms with Gasteiger partial charge in [-0.2, -0.15) is 0 Å². The highest BCUT2D eigenvalue weighted by Crippen LogP contribution is 2.02. The molecule has 19 heavy (non-hydrogen) atoms. The van der Waals surface area contributed by atoms with Crippen molar-refractivity contribution in [2.45, 2.75) is 13.1 Å². The lowest BCUT2D eigenvalue weighted by Crippen LogP contribution is -2.34. The SMILES string of the molecule is Fc1ccc(CNC(=S)NCc2ccncc2)cc1. The first-order valence-electron chi connectivity index (χ1n) is 5.89. The Morgan fingerprint density at radius 1 is 0.947 bits per heavy atom. The molecule has 0 saturated heterocycles. The first kappa shape index (κ1) is 13.4. The minimum atomic E-state index is -0.234. The zero-order valence-corrected chi connectivity index (χ0v) is 11.1. The third-order valence-corrected chi connectivity index (χ3v) is 2.86. The normalized spacial score (nSPS) is 9.95. The van der Waals surface area contributed by atoms with Gasteiger partial charge < -0.3 is 10.6 Å². The smallest absolute Gasteiger partial charge is 0.166 e. The molecule has 3 nitrogen and oxygen atoms in total. The van der Waals surface area contributed by atoms with Crippen molar-refractivity contribution < 1.29 is 4.39 Å². The van der Waals surface area contributed by atoms with Gasteiger partial charge in [0.05, 0.1) is 0 Å². The molecule has 0 unspecified atom stereocenters. The lowest BCUT2D eigenvalue weighted by molar-refractivity contribution is 0.626. The maximum atomic E-state index is 12.7. The summed E-state index contributed by atoms with van der Waals surface area (Å²) in [5.74, 6) is -0.234. The molecule has 0 fully saturated rings. The van der Waals surface area contributed by atoms with Gasteiger partial charge in [-0.1, -0.05) is 12.1 Å². The molecule has 0 radical (unpaired) electrons. The van der Waals surface area contributed by atoms with Crippen LogP contribution < -0.4 is 10.6 Å². The summed E-state index contributed by atoms with van der Waals surface area (Å²) < 4.78 is 12.7. The summed E-state index contributed by atoms with van der Waals surface area (Å²) in [5.41, 5.74) is 2.09. The average molecular weight is 275 g/mol. The third-order valence-electron chi connectivity index (χ3n) is 2.57. The van der Waals surface area contributed by atoms with Crippen molar-refractivity contribution in [1.29, 1.82) is 0 Å². The minimum absolute atomic E-state index is 0.234. The molecule has 5 heteroatoms. The van der Waals surface area contributed by atoms with Gasteiger partial charge in [0.25, 0.3) is 0 Å². The van der Waals surface area contributed by atoms with Gasteiger partial charge in [-0.3, -0.25) is 4.98 Å². The van der Waals surface area contributed by atoms with Crippen molar-refractivity contribution in [3.63, 3.8) is 0 Å². The highest BCUT2D eigenvalue weighted by molar-refractivity contribution is 7.80. The molecule has 0 amide bonds. The van der Waals surface area contributed by atoms with Gasteiger partial charge in [0.2, 0.25) is 0 Å². The van der Waals surface area contributed by atoms with E-state index in [1.54, 1.807) is 24.5 Å². The number of rotatable bonds is 4. The Morgan fingerprint density at radius 2 is 1.47 bits per heavy atom. The molecule has 2 aromatic rings. The second kappa shape index (κ2) is 6.80. The number of pyridine rings is 1. The summed E-state index contributed by atoms with van der Waals surface area (Å²) in [6, 6.07) is 10.2. The number of hydrogen-bond donors (Lipinski definition) is 2. The Balaban J connectivity index is 1.74. The maximum absolute atomic E-state index is 12.7. The molecule has 0 aliphatic rings. The van der Waals surface area contributed by atoms with Crippen LogP contribution in [0.25, 0.3) is 0 Å². The van der Waals surface area contributed by atoms with E-state index in [1.807, 2.05) is 12.1 Å². The molecular weight excluding hydrogens is 261 g/mol. The zero-order chi connectivity index (χ0) is 13.5. The van der Waals surface area contributed by atoms with Gasteiger partial charge in [0.15, 0.2) is 5.11 Å². The number of aromatic nitrogens is 1. The molecule has 1 aromatic heterocycles. The van der Waals surface area contributed by atoms with E-state index in [-0.39, 0.29) is 5.82 Å². The fraction of sp³-hybridized carbons (Fsp3) is 0.143. The van der Waals surface area contributed by atoms with Crippen molar-refractivity contribution in [3.05, 3.63) is 65.7 Å². The monoisotopic (exact) mass is 275 g/mol. The topological polar surface area (TPSA) is 37.0 Å². The molecule has 1 aromatic carbocycles. The zero-order valence-electron chi connectivity index (χ0n) is 10.3. The number of benzene rings is 1. The summed E-state index contributed by atoms with van der Waals surface area (Å²) in [5, 5.41) is 6.74. The van der Waals surface area contributed by atoms with Crippen molar-refractivity contribution in [2.24, 2.45) is 0 Å². The molecule has 1 heterocycles. The molecule has 0 aliphatic heterocycles. The van der Waals surface area contributed by atoms with Crippen LogP contribution in [-0.4, -0.2) is 10.1 Å². The molecular formula is C14H14FN3S. The summed E-state index contributed by atoms with van der Waals surface area (Å²) in [6.07, 6.45) is 3.48. The highest BCUT2D eigenvalue weighted by Gasteiger charge is 1.98. The molecule has 98 valence electrons. The van der Waals surface area contributed by atoms with Gasteiger partial charge in [0, 0.05) is 25.5 Å². The van der Waals surface area contributed by atoms with Crippen LogP contribution in [0, 0.1) is 5.82 Å². The lowest BCUT2D eigenvalue weighted by Gasteiger charge is -2.10. The van der Waals surface area contributed by atoms with E-state index in [0.717, 1.165) is 11.1 Å². The largest absolute Gasteiger partial charge is 0.359 e. The van der Waals surface area contributed by atoms with Crippen LogP contribution in [0.1, 0.15) is 11.1 Å². The van der Waals surface area contributed by atoms with E-state index in [0.29, 0.717) is 18.2 Å². The van der Waals surface area contributed by atoms with Gasteiger partial charge in [-0.15, -0.1) is 0 Å². The fourth-order valence-corrected chi connectivity index (χ4v) is 1.67. The lowest BCUT2D eigenvalue weighted by atomic mass is 10.2. The number of nitrogens with zero attached hydrogens (tertiary/aromatic N) is 1. The van der Waals surface area contributed by atoms with E-state index in [9.17, 15) is 4.39 Å². The van der Waals surface area contributed by atoms with Crippen molar-refractivity contribution >= 4 is 17.3 Å². The summed E-state index contributed by atoms with van der Waals surface area (Å²) in [6.45, 7) is 1.22. The Bertz CT molecular complexity index is 528. The Morgan fingerprint density at radius 3 is 2.05 bits per heavy atom. The van der Waals surface area contributed by atoms with E-state index < -0.39 is 0 Å². The average Bonchev–Trinajstić information content (AvgIpc) is 2.45. The van der Waals surface area contributed by atoms with Crippen LogP contribution >= 0.6 is 12.2 Å². The number of halogens is 1. The number of nitrogens with one attached hydrogen (secondary N) is 2. The predicted octanol–water partition coefficient (Wildman–Crippen LogP) is 2.39. The fourth-order valence-electron chi connectivity index (χ4n) is 1.53. The van der Waals surface area contributed by atoms with E-state index in [2.05, 4.69) is 15.6 Å². The van der Waals surface area contributed by atoms with Crippen molar-refractivity contribution in [2.75, 3.05) is 0 Å². The summed E-state index contributed by atoms with van der Waals surface area (Å²) in [4.78, 5) is 3.95. The van der Waals surface area contributed by atoms with Crippen LogP contribution in [0.4, 0.5) is 4.39 Å². The Hall–Kier alpha value is -2.01. The molecule has 0 atom stereocenters. The molecule has 0 aliphatic carbocycles. The third kappa shape index (κ3) is 4.63. The van der Waals surface area contributed by atoms with Crippen LogP contribution in [0.15, 0.2) is 48.8 Å². The number of hydrogen-bond acceptors (Lipinski definition) is 2. The van der Waals surface area contributed by atoms with Gasteiger partial charge >= 0.3 is 0 Å². The molecule has 0 saturated carbocycles. The van der Waals surface area contributed by atoms with Crippen LogP contribution in [0.5, 0.6) is 0 Å². The summed E-state index contributed by atoms with van der Waals surface area (Å²) >= 11 is 5.17. The second-order valence-corrected chi connectivity index (χ2v) is 4.43. The van der Waals surface area contributed by atoms with Gasteiger partial charge in [-0.25, -0.2) is 4.39 Å². The van der Waals surface area contributed by atoms with E-state index >= 15 is 0 Å². The van der Waals surface area contributed by atoms with Crippen LogP contribution in [0.2, 0.25) is 0 Å². The maximum Gasteiger partial charge on any atom is 0.166 e. The van der Waals surface area contributed by atoms with Crippen molar-refractivity contribution in [3.8, 4) is 0 Å². The number of thiocarbonyl (C=S) groups is 1. The van der Waals surface area contributed by atoms with E-state index in [4.69, 9.17) is 12.2 Å². The van der Waals surface area contributed by atoms with Gasteiger partial charge in [0.1, 0.15) is 5.82 Å². The van der Waals surface area contributed by atoms with Gasteiger partial charge in [-0.05, 0) is 47.6 Å².